The molecule has 9 nitrogen and oxygen atoms in total. The van der Waals surface area contributed by atoms with E-state index in [-0.39, 0.29) is 18.1 Å². The van der Waals surface area contributed by atoms with Gasteiger partial charge in [0.05, 0.1) is 18.4 Å². The largest absolute Gasteiger partial charge is 0.423 e. The second-order valence-electron chi connectivity index (χ2n) is 5.64. The van der Waals surface area contributed by atoms with Gasteiger partial charge < -0.3 is 14.8 Å². The number of carbonyl (C=O) groups excluding carboxylic acids is 2. The number of ether oxygens (including phenoxy) is 1. The van der Waals surface area contributed by atoms with Crippen LogP contribution in [-0.2, 0) is 9.53 Å². The molecule has 3 rings (SSSR count). The lowest BCUT2D eigenvalue weighted by Crippen LogP contribution is -2.38. The van der Waals surface area contributed by atoms with Crippen molar-refractivity contribution >= 4 is 23.9 Å². The van der Waals surface area contributed by atoms with Gasteiger partial charge in [0.25, 0.3) is 0 Å². The van der Waals surface area contributed by atoms with Gasteiger partial charge in [0.1, 0.15) is 11.4 Å². The number of benzene rings is 1. The summed E-state index contributed by atoms with van der Waals surface area (Å²) in [7, 11) is 1.53. The minimum Gasteiger partial charge on any atom is -0.423 e. The van der Waals surface area contributed by atoms with Crippen LogP contribution >= 0.6 is 0 Å². The highest BCUT2D eigenvalue weighted by Gasteiger charge is 2.36. The molecule has 26 heavy (non-hydrogen) atoms. The van der Waals surface area contributed by atoms with E-state index in [9.17, 15) is 14.0 Å². The lowest BCUT2D eigenvalue weighted by atomic mass is 10.2. The molecule has 1 fully saturated rings. The van der Waals surface area contributed by atoms with Gasteiger partial charge in [-0.05, 0) is 24.3 Å². The topological polar surface area (TPSA) is 100 Å². The third-order valence-corrected chi connectivity index (χ3v) is 4.01. The van der Waals surface area contributed by atoms with Crippen molar-refractivity contribution in [3.05, 3.63) is 42.0 Å². The van der Waals surface area contributed by atoms with Crippen LogP contribution in [0.1, 0.15) is 12.6 Å². The highest BCUT2D eigenvalue weighted by Crippen LogP contribution is 2.26. The molecular weight excluding hydrogens is 345 g/mol. The van der Waals surface area contributed by atoms with E-state index in [1.807, 2.05) is 0 Å². The van der Waals surface area contributed by atoms with Crippen molar-refractivity contribution in [3.63, 3.8) is 0 Å². The van der Waals surface area contributed by atoms with Gasteiger partial charge in [-0.1, -0.05) is 5.16 Å². The maximum absolute atomic E-state index is 14.5. The minimum atomic E-state index is -0.728. The van der Waals surface area contributed by atoms with Crippen LogP contribution in [0.2, 0.25) is 0 Å². The van der Waals surface area contributed by atoms with Crippen LogP contribution in [0, 0.1) is 5.82 Å². The number of likely N-dealkylation sites (N-methyl/N-ethyl adjacent to an activating group) is 1. The Kier molecular flexibility index (Phi) is 4.57. The van der Waals surface area contributed by atoms with Crippen molar-refractivity contribution in [2.75, 3.05) is 18.5 Å². The SMILES string of the molecule is CC(=O)N(C)C1CN(c2ccc(-n3ccc(C=NO)n3)c(F)c2)C(=O)O1. The fraction of sp³-hybridized carbons (Fsp3) is 0.250. The zero-order valence-corrected chi connectivity index (χ0v) is 14.0. The van der Waals surface area contributed by atoms with Crippen LogP contribution in [0.3, 0.4) is 0 Å². The van der Waals surface area contributed by atoms with Crippen molar-refractivity contribution in [2.24, 2.45) is 5.16 Å². The van der Waals surface area contributed by atoms with Crippen molar-refractivity contribution < 1.29 is 23.9 Å². The standard InChI is InChI=1S/C16H16FN5O4/c1-10(23)20(2)15-9-21(16(24)26-15)12-3-4-14(13(17)7-12)22-6-5-11(19-22)8-18-25/h3-8,15,25H,9H2,1-2H3. The monoisotopic (exact) mass is 361 g/mol. The molecule has 1 unspecified atom stereocenters. The predicted octanol–water partition coefficient (Wildman–Crippen LogP) is 1.58. The number of halogens is 1. The molecule has 136 valence electrons. The molecule has 1 aromatic heterocycles. The number of amides is 2. The third kappa shape index (κ3) is 3.21. The predicted molar refractivity (Wildman–Crippen MR) is 89.0 cm³/mol. The first kappa shape index (κ1) is 17.4. The number of carbonyl (C=O) groups is 2. The Hall–Kier alpha value is -3.43. The van der Waals surface area contributed by atoms with Gasteiger partial charge in [0.2, 0.25) is 5.91 Å². The Morgan fingerprint density at radius 2 is 2.27 bits per heavy atom. The van der Waals surface area contributed by atoms with Gasteiger partial charge in [0.15, 0.2) is 12.0 Å². The summed E-state index contributed by atoms with van der Waals surface area (Å²) in [6.07, 6.45) is 1.25. The van der Waals surface area contributed by atoms with E-state index >= 15 is 0 Å². The number of hydrogen-bond acceptors (Lipinski definition) is 6. The lowest BCUT2D eigenvalue weighted by Gasteiger charge is -2.20. The number of cyclic esters (lactones) is 1. The molecule has 2 heterocycles. The van der Waals surface area contributed by atoms with Gasteiger partial charge in [-0.2, -0.15) is 5.10 Å². The molecule has 0 radical (unpaired) electrons. The van der Waals surface area contributed by atoms with Crippen LogP contribution in [0.15, 0.2) is 35.6 Å². The lowest BCUT2D eigenvalue weighted by molar-refractivity contribution is -0.134. The summed E-state index contributed by atoms with van der Waals surface area (Å²) in [4.78, 5) is 26.0. The molecule has 2 amide bonds. The van der Waals surface area contributed by atoms with E-state index in [1.165, 1.54) is 46.8 Å². The smallest absolute Gasteiger partial charge is 0.416 e. The average Bonchev–Trinajstić information content (AvgIpc) is 3.21. The van der Waals surface area contributed by atoms with Crippen LogP contribution in [0.25, 0.3) is 5.69 Å². The average molecular weight is 361 g/mol. The van der Waals surface area contributed by atoms with Crippen LogP contribution in [0.4, 0.5) is 14.9 Å². The first-order valence-corrected chi connectivity index (χ1v) is 7.65. The van der Waals surface area contributed by atoms with Crippen molar-refractivity contribution in [3.8, 4) is 5.69 Å². The van der Waals surface area contributed by atoms with E-state index in [2.05, 4.69) is 10.3 Å². The van der Waals surface area contributed by atoms with Gasteiger partial charge in [-0.15, -0.1) is 0 Å². The summed E-state index contributed by atoms with van der Waals surface area (Å²) in [5.74, 6) is -0.846. The van der Waals surface area contributed by atoms with Gasteiger partial charge in [-0.25, -0.2) is 13.9 Å². The molecule has 0 aliphatic carbocycles. The fourth-order valence-corrected chi connectivity index (χ4v) is 2.51. The Balaban J connectivity index is 1.83. The van der Waals surface area contributed by atoms with E-state index < -0.39 is 18.1 Å². The van der Waals surface area contributed by atoms with Crippen LogP contribution in [0.5, 0.6) is 0 Å². The second-order valence-corrected chi connectivity index (χ2v) is 5.64. The molecule has 1 aliphatic heterocycles. The normalized spacial score (nSPS) is 17.0. The highest BCUT2D eigenvalue weighted by molar-refractivity contribution is 5.90. The van der Waals surface area contributed by atoms with Crippen LogP contribution < -0.4 is 4.90 Å². The Morgan fingerprint density at radius 3 is 2.92 bits per heavy atom. The van der Waals surface area contributed by atoms with E-state index in [1.54, 1.807) is 12.1 Å². The highest BCUT2D eigenvalue weighted by atomic mass is 19.1. The summed E-state index contributed by atoms with van der Waals surface area (Å²) in [5, 5.41) is 15.4. The minimum absolute atomic E-state index is 0.104. The zero-order chi connectivity index (χ0) is 18.8. The molecule has 0 bridgehead atoms. The number of nitrogens with zero attached hydrogens (tertiary/aromatic N) is 5. The second kappa shape index (κ2) is 6.82. The Labute approximate surface area is 147 Å². The van der Waals surface area contributed by atoms with Gasteiger partial charge >= 0.3 is 6.09 Å². The molecule has 0 spiro atoms. The molecule has 0 saturated carbocycles. The Morgan fingerprint density at radius 1 is 1.50 bits per heavy atom. The summed E-state index contributed by atoms with van der Waals surface area (Å²) >= 11 is 0. The Bertz CT molecular complexity index is 881. The fourth-order valence-electron chi connectivity index (χ4n) is 2.51. The van der Waals surface area contributed by atoms with Gasteiger partial charge in [-0.3, -0.25) is 9.69 Å². The van der Waals surface area contributed by atoms with E-state index in [0.717, 1.165) is 6.21 Å². The molecule has 1 aromatic carbocycles. The summed E-state index contributed by atoms with van der Waals surface area (Å²) in [6.45, 7) is 1.47. The molecule has 1 atom stereocenters. The molecule has 1 aliphatic rings. The number of oxime groups is 1. The van der Waals surface area contributed by atoms with Crippen LogP contribution in [-0.4, -0.2) is 57.9 Å². The maximum atomic E-state index is 14.5. The summed E-state index contributed by atoms with van der Waals surface area (Å²) in [6, 6.07) is 5.76. The summed E-state index contributed by atoms with van der Waals surface area (Å²) < 4.78 is 20.9. The van der Waals surface area contributed by atoms with E-state index in [0.29, 0.717) is 11.4 Å². The number of anilines is 1. The number of rotatable bonds is 4. The number of aromatic nitrogens is 2. The first-order chi connectivity index (χ1) is 12.4. The maximum Gasteiger partial charge on any atom is 0.416 e. The van der Waals surface area contributed by atoms with Crippen molar-refractivity contribution in [1.82, 2.24) is 14.7 Å². The quantitative estimate of drug-likeness (QED) is 0.506. The first-order valence-electron chi connectivity index (χ1n) is 7.65. The van der Waals surface area contributed by atoms with Crippen molar-refractivity contribution in [2.45, 2.75) is 13.2 Å². The van der Waals surface area contributed by atoms with Crippen molar-refractivity contribution in [1.29, 1.82) is 0 Å². The van der Waals surface area contributed by atoms with Gasteiger partial charge in [0, 0.05) is 20.2 Å². The summed E-state index contributed by atoms with van der Waals surface area (Å²) in [5.41, 5.74) is 0.825. The number of hydrogen-bond donors (Lipinski definition) is 1. The molecular formula is C16H16FN5O4. The third-order valence-electron chi connectivity index (χ3n) is 4.01. The molecule has 1 N–H and O–H groups in total. The van der Waals surface area contributed by atoms with E-state index in [4.69, 9.17) is 9.94 Å². The molecule has 10 heteroatoms. The zero-order valence-electron chi connectivity index (χ0n) is 14.0. The molecule has 1 saturated heterocycles. The molecule has 2 aromatic rings.